The van der Waals surface area contributed by atoms with Crippen molar-refractivity contribution < 1.29 is 10.0 Å². The second-order valence-electron chi connectivity index (χ2n) is 4.34. The quantitative estimate of drug-likeness (QED) is 0.300. The van der Waals surface area contributed by atoms with Gasteiger partial charge in [0.15, 0.2) is 5.84 Å². The minimum Gasteiger partial charge on any atom is -0.409 e. The molecule has 0 fully saturated rings. The van der Waals surface area contributed by atoms with Gasteiger partial charge in [0.05, 0.1) is 6.54 Å². The van der Waals surface area contributed by atoms with Crippen LogP contribution in [0.25, 0.3) is 0 Å². The van der Waals surface area contributed by atoms with E-state index >= 15 is 0 Å². The number of hydrogen-bond acceptors (Lipinski definition) is 3. The van der Waals surface area contributed by atoms with Crippen LogP contribution in [0, 0.1) is 5.92 Å². The number of carbonyl (C=O) groups excluding carboxylic acids is 1. The molecule has 0 aliphatic carbocycles. The Labute approximate surface area is 97.3 Å². The third-order valence-electron chi connectivity index (χ3n) is 2.26. The predicted molar refractivity (Wildman–Crippen MR) is 64.4 cm³/mol. The molecule has 1 amide bonds. The molecule has 0 aliphatic rings. The van der Waals surface area contributed by atoms with Crippen LogP contribution in [0.15, 0.2) is 5.16 Å². The van der Waals surface area contributed by atoms with Crippen LogP contribution in [-0.4, -0.2) is 34.9 Å². The molecule has 0 aromatic carbocycles. The first-order chi connectivity index (χ1) is 7.51. The van der Waals surface area contributed by atoms with E-state index in [0.29, 0.717) is 18.9 Å². The Kier molecular flexibility index (Phi) is 7.33. The summed E-state index contributed by atoms with van der Waals surface area (Å²) in [5, 5.41) is 11.4. The Bertz CT molecular complexity index is 239. The molecule has 0 aromatic heterocycles. The SMILES string of the molecule is CCCN(CC(N)=NO)C(=O)CCC(C)C. The second-order valence-corrected chi connectivity index (χ2v) is 4.34. The fourth-order valence-corrected chi connectivity index (χ4v) is 1.36. The number of nitrogens with two attached hydrogens (primary N) is 1. The summed E-state index contributed by atoms with van der Waals surface area (Å²) in [7, 11) is 0. The van der Waals surface area contributed by atoms with E-state index in [4.69, 9.17) is 10.9 Å². The van der Waals surface area contributed by atoms with Gasteiger partial charge in [0.2, 0.25) is 5.91 Å². The van der Waals surface area contributed by atoms with Crippen LogP contribution in [0.3, 0.4) is 0 Å². The number of nitrogens with zero attached hydrogens (tertiary/aromatic N) is 2. The molecule has 94 valence electrons. The van der Waals surface area contributed by atoms with Gasteiger partial charge in [-0.25, -0.2) is 0 Å². The van der Waals surface area contributed by atoms with E-state index < -0.39 is 0 Å². The van der Waals surface area contributed by atoms with E-state index in [0.717, 1.165) is 12.8 Å². The first-order valence-electron chi connectivity index (χ1n) is 5.75. The number of amidine groups is 1. The molecule has 5 nitrogen and oxygen atoms in total. The molecular weight excluding hydrogens is 206 g/mol. The fourth-order valence-electron chi connectivity index (χ4n) is 1.36. The molecule has 0 saturated heterocycles. The average molecular weight is 229 g/mol. The Morgan fingerprint density at radius 3 is 2.56 bits per heavy atom. The van der Waals surface area contributed by atoms with Crippen LogP contribution in [-0.2, 0) is 4.79 Å². The molecule has 0 aromatic rings. The average Bonchev–Trinajstić information content (AvgIpc) is 2.24. The smallest absolute Gasteiger partial charge is 0.222 e. The third-order valence-corrected chi connectivity index (χ3v) is 2.26. The fraction of sp³-hybridized carbons (Fsp3) is 0.818. The summed E-state index contributed by atoms with van der Waals surface area (Å²) in [5.41, 5.74) is 5.40. The minimum absolute atomic E-state index is 0.0714. The normalized spacial score (nSPS) is 11.9. The van der Waals surface area contributed by atoms with Gasteiger partial charge in [0, 0.05) is 13.0 Å². The molecule has 5 heteroatoms. The van der Waals surface area contributed by atoms with Crippen molar-refractivity contribution in [3.63, 3.8) is 0 Å². The van der Waals surface area contributed by atoms with E-state index in [-0.39, 0.29) is 18.3 Å². The minimum atomic E-state index is 0.0714. The van der Waals surface area contributed by atoms with Crippen molar-refractivity contribution in [2.45, 2.75) is 40.0 Å². The molecule has 0 unspecified atom stereocenters. The zero-order valence-electron chi connectivity index (χ0n) is 10.4. The zero-order chi connectivity index (χ0) is 12.6. The van der Waals surface area contributed by atoms with Gasteiger partial charge in [0.1, 0.15) is 0 Å². The molecule has 0 rings (SSSR count). The van der Waals surface area contributed by atoms with E-state index in [2.05, 4.69) is 19.0 Å². The maximum atomic E-state index is 11.8. The Balaban J connectivity index is 4.23. The lowest BCUT2D eigenvalue weighted by molar-refractivity contribution is -0.130. The topological polar surface area (TPSA) is 78.9 Å². The highest BCUT2D eigenvalue weighted by Crippen LogP contribution is 2.06. The Morgan fingerprint density at radius 2 is 2.12 bits per heavy atom. The first kappa shape index (κ1) is 14.7. The second kappa shape index (κ2) is 7.96. The van der Waals surface area contributed by atoms with Gasteiger partial charge in [-0.2, -0.15) is 0 Å². The maximum Gasteiger partial charge on any atom is 0.222 e. The van der Waals surface area contributed by atoms with Crippen molar-refractivity contribution in [1.29, 1.82) is 0 Å². The molecule has 0 aliphatic heterocycles. The zero-order valence-corrected chi connectivity index (χ0v) is 10.4. The molecule has 3 N–H and O–H groups in total. The highest BCUT2D eigenvalue weighted by Gasteiger charge is 2.14. The van der Waals surface area contributed by atoms with E-state index in [1.165, 1.54) is 0 Å². The molecule has 0 heterocycles. The number of carbonyl (C=O) groups is 1. The Hall–Kier alpha value is -1.26. The number of hydrogen-bond donors (Lipinski definition) is 2. The lowest BCUT2D eigenvalue weighted by Crippen LogP contribution is -2.39. The van der Waals surface area contributed by atoms with Gasteiger partial charge < -0.3 is 15.8 Å². The van der Waals surface area contributed by atoms with Crippen molar-refractivity contribution in [2.24, 2.45) is 16.8 Å². The summed E-state index contributed by atoms with van der Waals surface area (Å²) in [6, 6.07) is 0. The summed E-state index contributed by atoms with van der Waals surface area (Å²) >= 11 is 0. The monoisotopic (exact) mass is 229 g/mol. The van der Waals surface area contributed by atoms with Gasteiger partial charge in [-0.05, 0) is 18.8 Å². The van der Waals surface area contributed by atoms with E-state index in [9.17, 15) is 4.79 Å². The maximum absolute atomic E-state index is 11.8. The van der Waals surface area contributed by atoms with Gasteiger partial charge in [0.25, 0.3) is 0 Å². The highest BCUT2D eigenvalue weighted by atomic mass is 16.4. The predicted octanol–water partition coefficient (Wildman–Crippen LogP) is 1.41. The van der Waals surface area contributed by atoms with Crippen LogP contribution in [0.1, 0.15) is 40.0 Å². The van der Waals surface area contributed by atoms with Crippen LogP contribution >= 0.6 is 0 Å². The van der Waals surface area contributed by atoms with Crippen LogP contribution in [0.4, 0.5) is 0 Å². The number of amides is 1. The lowest BCUT2D eigenvalue weighted by Gasteiger charge is -2.21. The molecule has 0 spiro atoms. The lowest BCUT2D eigenvalue weighted by atomic mass is 10.1. The third kappa shape index (κ3) is 6.27. The molecule has 0 atom stereocenters. The standard InChI is InChI=1S/C11H23N3O2/c1-4-7-14(8-10(12)13-16)11(15)6-5-9(2)3/h9,16H,4-8H2,1-3H3,(H2,12,13). The molecule has 0 bridgehead atoms. The first-order valence-corrected chi connectivity index (χ1v) is 5.75. The Morgan fingerprint density at radius 1 is 1.50 bits per heavy atom. The summed E-state index contributed by atoms with van der Waals surface area (Å²) < 4.78 is 0. The molecule has 0 radical (unpaired) electrons. The van der Waals surface area contributed by atoms with Crippen LogP contribution in [0.5, 0.6) is 0 Å². The van der Waals surface area contributed by atoms with Gasteiger partial charge in [-0.3, -0.25) is 4.79 Å². The summed E-state index contributed by atoms with van der Waals surface area (Å²) in [6.07, 6.45) is 2.26. The summed E-state index contributed by atoms with van der Waals surface area (Å²) in [5.74, 6) is 0.657. The number of rotatable bonds is 7. The number of oxime groups is 1. The van der Waals surface area contributed by atoms with Crippen molar-refractivity contribution >= 4 is 11.7 Å². The molecular formula is C11H23N3O2. The van der Waals surface area contributed by atoms with E-state index in [1.807, 2.05) is 6.92 Å². The highest BCUT2D eigenvalue weighted by molar-refractivity contribution is 5.86. The van der Waals surface area contributed by atoms with Crippen LogP contribution in [0.2, 0.25) is 0 Å². The van der Waals surface area contributed by atoms with Gasteiger partial charge in [-0.1, -0.05) is 25.9 Å². The molecule has 0 saturated carbocycles. The van der Waals surface area contributed by atoms with Crippen molar-refractivity contribution in [1.82, 2.24) is 4.90 Å². The summed E-state index contributed by atoms with van der Waals surface area (Å²) in [4.78, 5) is 13.5. The summed E-state index contributed by atoms with van der Waals surface area (Å²) in [6.45, 7) is 7.02. The van der Waals surface area contributed by atoms with E-state index in [1.54, 1.807) is 4.90 Å². The largest absolute Gasteiger partial charge is 0.409 e. The van der Waals surface area contributed by atoms with Gasteiger partial charge >= 0.3 is 0 Å². The van der Waals surface area contributed by atoms with Crippen molar-refractivity contribution in [2.75, 3.05) is 13.1 Å². The van der Waals surface area contributed by atoms with Crippen molar-refractivity contribution in [3.05, 3.63) is 0 Å². The van der Waals surface area contributed by atoms with Gasteiger partial charge in [-0.15, -0.1) is 0 Å². The van der Waals surface area contributed by atoms with Crippen LogP contribution < -0.4 is 5.73 Å². The molecule has 16 heavy (non-hydrogen) atoms. The van der Waals surface area contributed by atoms with Crippen molar-refractivity contribution in [3.8, 4) is 0 Å².